The first-order chi connectivity index (χ1) is 7.13. The Balaban J connectivity index is 2.86. The average molecular weight is 224 g/mol. The van der Waals surface area contributed by atoms with Gasteiger partial charge in [0.1, 0.15) is 10.9 Å². The molecule has 3 nitrogen and oxygen atoms in total. The van der Waals surface area contributed by atoms with Crippen LogP contribution in [0.1, 0.15) is 0 Å². The molecule has 0 atom stereocenters. The minimum atomic E-state index is -0.0971. The van der Waals surface area contributed by atoms with Crippen LogP contribution < -0.4 is 10.3 Å². The van der Waals surface area contributed by atoms with Crippen molar-refractivity contribution < 1.29 is 4.74 Å². The van der Waals surface area contributed by atoms with Gasteiger partial charge >= 0.3 is 0 Å². The standard InChI is InChI=1S/C11H10ClNO2/c1-13-10(12)6-7-5-8(15-2)3-4-9(7)11(13)14/h3-6H,1-2H3. The smallest absolute Gasteiger partial charge is 0.259 e. The van der Waals surface area contributed by atoms with Gasteiger partial charge in [-0.15, -0.1) is 0 Å². The van der Waals surface area contributed by atoms with Crippen LogP contribution in [0.15, 0.2) is 29.1 Å². The van der Waals surface area contributed by atoms with Crippen molar-refractivity contribution in [1.82, 2.24) is 4.57 Å². The zero-order valence-corrected chi connectivity index (χ0v) is 9.21. The lowest BCUT2D eigenvalue weighted by Gasteiger charge is -2.05. The van der Waals surface area contributed by atoms with Crippen LogP contribution in [0.25, 0.3) is 10.8 Å². The molecule has 2 aromatic rings. The van der Waals surface area contributed by atoms with E-state index in [1.807, 2.05) is 0 Å². The maximum Gasteiger partial charge on any atom is 0.259 e. The molecule has 4 heteroatoms. The summed E-state index contributed by atoms with van der Waals surface area (Å²) in [6.45, 7) is 0. The van der Waals surface area contributed by atoms with Crippen LogP contribution in [-0.2, 0) is 7.05 Å². The Labute approximate surface area is 91.9 Å². The summed E-state index contributed by atoms with van der Waals surface area (Å²) in [6.07, 6.45) is 0. The third-order valence-electron chi connectivity index (χ3n) is 2.39. The van der Waals surface area contributed by atoms with E-state index < -0.39 is 0 Å². The van der Waals surface area contributed by atoms with Gasteiger partial charge in [0, 0.05) is 12.4 Å². The first-order valence-corrected chi connectivity index (χ1v) is 4.84. The summed E-state index contributed by atoms with van der Waals surface area (Å²) >= 11 is 5.91. The van der Waals surface area contributed by atoms with Gasteiger partial charge in [0.2, 0.25) is 0 Å². The van der Waals surface area contributed by atoms with Gasteiger partial charge in [-0.05, 0) is 29.7 Å². The lowest BCUT2D eigenvalue weighted by Crippen LogP contribution is -2.16. The minimum Gasteiger partial charge on any atom is -0.497 e. The van der Waals surface area contributed by atoms with Crippen LogP contribution in [0.3, 0.4) is 0 Å². The zero-order valence-electron chi connectivity index (χ0n) is 8.45. The maximum atomic E-state index is 11.8. The number of methoxy groups -OCH3 is 1. The molecule has 0 saturated carbocycles. The molecule has 78 valence electrons. The molecule has 1 heterocycles. The third-order valence-corrected chi connectivity index (χ3v) is 2.75. The molecular formula is C11H10ClNO2. The van der Waals surface area contributed by atoms with Gasteiger partial charge in [0.25, 0.3) is 5.56 Å². The van der Waals surface area contributed by atoms with E-state index in [4.69, 9.17) is 16.3 Å². The number of hydrogen-bond acceptors (Lipinski definition) is 2. The van der Waals surface area contributed by atoms with Crippen LogP contribution in [0.2, 0.25) is 5.15 Å². The van der Waals surface area contributed by atoms with E-state index in [1.54, 1.807) is 38.4 Å². The second-order valence-corrected chi connectivity index (χ2v) is 3.67. The van der Waals surface area contributed by atoms with Gasteiger partial charge in [0.05, 0.1) is 7.11 Å². The summed E-state index contributed by atoms with van der Waals surface area (Å²) in [7, 11) is 3.23. The third kappa shape index (κ3) is 1.59. The molecule has 0 aliphatic carbocycles. The summed E-state index contributed by atoms with van der Waals surface area (Å²) < 4.78 is 6.49. The van der Waals surface area contributed by atoms with Crippen LogP contribution in [-0.4, -0.2) is 11.7 Å². The maximum absolute atomic E-state index is 11.8. The fraction of sp³-hybridized carbons (Fsp3) is 0.182. The van der Waals surface area contributed by atoms with Crippen molar-refractivity contribution in [2.24, 2.45) is 7.05 Å². The Morgan fingerprint density at radius 2 is 2.07 bits per heavy atom. The molecule has 0 saturated heterocycles. The van der Waals surface area contributed by atoms with Gasteiger partial charge in [0.15, 0.2) is 0 Å². The van der Waals surface area contributed by atoms with E-state index in [2.05, 4.69) is 0 Å². The molecule has 1 aromatic heterocycles. The molecule has 1 aromatic carbocycles. The zero-order chi connectivity index (χ0) is 11.0. The predicted molar refractivity (Wildman–Crippen MR) is 60.8 cm³/mol. The minimum absolute atomic E-state index is 0.0971. The molecule has 0 aliphatic rings. The van der Waals surface area contributed by atoms with Crippen molar-refractivity contribution in [3.8, 4) is 5.75 Å². The van der Waals surface area contributed by atoms with Gasteiger partial charge in [-0.1, -0.05) is 11.6 Å². The molecule has 0 unspecified atom stereocenters. The normalized spacial score (nSPS) is 10.6. The van der Waals surface area contributed by atoms with Crippen molar-refractivity contribution in [2.75, 3.05) is 7.11 Å². The molecule has 0 N–H and O–H groups in total. The summed E-state index contributed by atoms with van der Waals surface area (Å²) in [5.41, 5.74) is -0.0971. The number of fused-ring (bicyclic) bond motifs is 1. The van der Waals surface area contributed by atoms with Crippen LogP contribution in [0.5, 0.6) is 5.75 Å². The van der Waals surface area contributed by atoms with Crippen LogP contribution >= 0.6 is 11.6 Å². The van der Waals surface area contributed by atoms with Crippen molar-refractivity contribution in [3.05, 3.63) is 39.8 Å². The molecule has 0 spiro atoms. The molecule has 0 amide bonds. The highest BCUT2D eigenvalue weighted by atomic mass is 35.5. The highest BCUT2D eigenvalue weighted by Crippen LogP contribution is 2.20. The van der Waals surface area contributed by atoms with E-state index in [1.165, 1.54) is 4.57 Å². The first-order valence-electron chi connectivity index (χ1n) is 4.47. The number of nitrogens with zero attached hydrogens (tertiary/aromatic N) is 1. The van der Waals surface area contributed by atoms with Gasteiger partial charge < -0.3 is 9.30 Å². The van der Waals surface area contributed by atoms with Gasteiger partial charge in [-0.3, -0.25) is 4.79 Å². The number of halogens is 1. The second-order valence-electron chi connectivity index (χ2n) is 3.28. The summed E-state index contributed by atoms with van der Waals surface area (Å²) in [6, 6.07) is 7.05. The largest absolute Gasteiger partial charge is 0.497 e. The van der Waals surface area contributed by atoms with Gasteiger partial charge in [-0.25, -0.2) is 0 Å². The number of pyridine rings is 1. The van der Waals surface area contributed by atoms with Crippen LogP contribution in [0, 0.1) is 0 Å². The second kappa shape index (κ2) is 3.59. The van der Waals surface area contributed by atoms with Crippen LogP contribution in [0.4, 0.5) is 0 Å². The predicted octanol–water partition coefficient (Wildman–Crippen LogP) is 2.20. The van der Waals surface area contributed by atoms with E-state index >= 15 is 0 Å². The summed E-state index contributed by atoms with van der Waals surface area (Å²) in [4.78, 5) is 11.8. The Hall–Kier alpha value is -1.48. The number of benzene rings is 1. The van der Waals surface area contributed by atoms with E-state index in [9.17, 15) is 4.79 Å². The Kier molecular flexibility index (Phi) is 2.40. The first kappa shape index (κ1) is 10.1. The lowest BCUT2D eigenvalue weighted by atomic mass is 10.1. The van der Waals surface area contributed by atoms with Crippen molar-refractivity contribution in [1.29, 1.82) is 0 Å². The van der Waals surface area contributed by atoms with Gasteiger partial charge in [-0.2, -0.15) is 0 Å². The average Bonchev–Trinajstić information content (AvgIpc) is 2.25. The van der Waals surface area contributed by atoms with Crippen molar-refractivity contribution in [3.63, 3.8) is 0 Å². The number of hydrogen-bond donors (Lipinski definition) is 0. The molecule has 0 radical (unpaired) electrons. The van der Waals surface area contributed by atoms with E-state index in [0.717, 1.165) is 5.39 Å². The SMILES string of the molecule is COc1ccc2c(=O)n(C)c(Cl)cc2c1. The van der Waals surface area contributed by atoms with E-state index in [0.29, 0.717) is 16.3 Å². The molecule has 0 fully saturated rings. The Morgan fingerprint density at radius 1 is 1.33 bits per heavy atom. The highest BCUT2D eigenvalue weighted by Gasteiger charge is 2.05. The van der Waals surface area contributed by atoms with E-state index in [-0.39, 0.29) is 5.56 Å². The molecule has 15 heavy (non-hydrogen) atoms. The topological polar surface area (TPSA) is 31.2 Å². The summed E-state index contributed by atoms with van der Waals surface area (Å²) in [5.74, 6) is 0.715. The fourth-order valence-electron chi connectivity index (χ4n) is 1.48. The number of rotatable bonds is 1. The highest BCUT2D eigenvalue weighted by molar-refractivity contribution is 6.30. The monoisotopic (exact) mass is 223 g/mol. The Bertz CT molecular complexity index is 575. The summed E-state index contributed by atoms with van der Waals surface area (Å²) in [5, 5.41) is 1.85. The molecule has 0 aliphatic heterocycles. The Morgan fingerprint density at radius 3 is 2.73 bits per heavy atom. The lowest BCUT2D eigenvalue weighted by molar-refractivity contribution is 0.415. The number of ether oxygens (including phenoxy) is 1. The molecular weight excluding hydrogens is 214 g/mol. The number of aromatic nitrogens is 1. The molecule has 0 bridgehead atoms. The quantitative estimate of drug-likeness (QED) is 0.694. The van der Waals surface area contributed by atoms with Crippen molar-refractivity contribution in [2.45, 2.75) is 0 Å². The molecule has 2 rings (SSSR count). The fourth-order valence-corrected chi connectivity index (χ4v) is 1.68. The van der Waals surface area contributed by atoms with Crippen molar-refractivity contribution >= 4 is 22.4 Å².